The predicted octanol–water partition coefficient (Wildman–Crippen LogP) is 3.39. The standard InChI is InChI=1S/C16H23FN2O/c1-12-8-13(17)10-14(9-12)19-15(20)11-16(18-2)6-4-3-5-7-16/h8-10,18H,3-7,11H2,1-2H3,(H,19,20). The van der Waals surface area contributed by atoms with Gasteiger partial charge in [-0.05, 0) is 50.6 Å². The highest BCUT2D eigenvalue weighted by Gasteiger charge is 2.32. The number of hydrogen-bond acceptors (Lipinski definition) is 2. The summed E-state index contributed by atoms with van der Waals surface area (Å²) in [7, 11) is 1.92. The van der Waals surface area contributed by atoms with Gasteiger partial charge in [-0.1, -0.05) is 19.3 Å². The molecule has 0 spiro atoms. The molecular formula is C16H23FN2O. The SMILES string of the molecule is CNC1(CC(=O)Nc2cc(C)cc(F)c2)CCCCC1. The van der Waals surface area contributed by atoms with Crippen molar-refractivity contribution in [3.8, 4) is 0 Å². The van der Waals surface area contributed by atoms with E-state index in [1.165, 1.54) is 18.6 Å². The third kappa shape index (κ3) is 3.79. The third-order valence-electron chi connectivity index (χ3n) is 4.17. The van der Waals surface area contributed by atoms with Crippen LogP contribution in [0.15, 0.2) is 18.2 Å². The van der Waals surface area contributed by atoms with Crippen molar-refractivity contribution in [1.82, 2.24) is 5.32 Å². The van der Waals surface area contributed by atoms with Crippen molar-refractivity contribution in [3.63, 3.8) is 0 Å². The summed E-state index contributed by atoms with van der Waals surface area (Å²) in [5, 5.41) is 6.13. The van der Waals surface area contributed by atoms with E-state index in [4.69, 9.17) is 0 Å². The normalized spacial score (nSPS) is 17.8. The van der Waals surface area contributed by atoms with Crippen LogP contribution in [-0.2, 0) is 4.79 Å². The fourth-order valence-corrected chi connectivity index (χ4v) is 3.06. The number of anilines is 1. The van der Waals surface area contributed by atoms with Gasteiger partial charge in [-0.15, -0.1) is 0 Å². The molecule has 0 radical (unpaired) electrons. The van der Waals surface area contributed by atoms with Crippen molar-refractivity contribution in [1.29, 1.82) is 0 Å². The van der Waals surface area contributed by atoms with E-state index in [-0.39, 0.29) is 17.3 Å². The van der Waals surface area contributed by atoms with Crippen LogP contribution in [0.2, 0.25) is 0 Å². The van der Waals surface area contributed by atoms with Gasteiger partial charge in [0.05, 0.1) is 0 Å². The van der Waals surface area contributed by atoms with Crippen molar-refractivity contribution >= 4 is 11.6 Å². The van der Waals surface area contributed by atoms with Crippen molar-refractivity contribution in [3.05, 3.63) is 29.6 Å². The smallest absolute Gasteiger partial charge is 0.226 e. The number of carbonyl (C=O) groups excluding carboxylic acids is 1. The molecular weight excluding hydrogens is 255 g/mol. The molecule has 2 N–H and O–H groups in total. The fraction of sp³-hybridized carbons (Fsp3) is 0.562. The number of hydrogen-bond donors (Lipinski definition) is 2. The van der Waals surface area contributed by atoms with E-state index < -0.39 is 0 Å². The number of benzene rings is 1. The lowest BCUT2D eigenvalue weighted by atomic mass is 9.79. The quantitative estimate of drug-likeness (QED) is 0.886. The third-order valence-corrected chi connectivity index (χ3v) is 4.17. The Morgan fingerprint density at radius 3 is 2.55 bits per heavy atom. The minimum Gasteiger partial charge on any atom is -0.326 e. The molecule has 1 aromatic rings. The van der Waals surface area contributed by atoms with Crippen LogP contribution >= 0.6 is 0 Å². The summed E-state index contributed by atoms with van der Waals surface area (Å²) in [6, 6.07) is 4.59. The fourth-order valence-electron chi connectivity index (χ4n) is 3.06. The predicted molar refractivity (Wildman–Crippen MR) is 79.3 cm³/mol. The molecule has 20 heavy (non-hydrogen) atoms. The number of aryl methyl sites for hydroxylation is 1. The van der Waals surface area contributed by atoms with E-state index >= 15 is 0 Å². The van der Waals surface area contributed by atoms with Crippen molar-refractivity contribution in [2.45, 2.75) is 51.0 Å². The number of amides is 1. The zero-order valence-corrected chi connectivity index (χ0v) is 12.3. The number of nitrogens with one attached hydrogen (secondary N) is 2. The Hall–Kier alpha value is -1.42. The summed E-state index contributed by atoms with van der Waals surface area (Å²) in [4.78, 5) is 12.2. The molecule has 0 aliphatic heterocycles. The number of halogens is 1. The number of carbonyl (C=O) groups is 1. The zero-order valence-electron chi connectivity index (χ0n) is 12.3. The first kappa shape index (κ1) is 15.0. The zero-order chi connectivity index (χ0) is 14.6. The molecule has 0 heterocycles. The number of rotatable bonds is 4. The lowest BCUT2D eigenvalue weighted by Gasteiger charge is -2.36. The Morgan fingerprint density at radius 2 is 1.95 bits per heavy atom. The lowest BCUT2D eigenvalue weighted by molar-refractivity contribution is -0.117. The Kier molecular flexibility index (Phi) is 4.76. The first-order valence-corrected chi connectivity index (χ1v) is 7.29. The van der Waals surface area contributed by atoms with Crippen molar-refractivity contribution in [2.24, 2.45) is 0 Å². The monoisotopic (exact) mass is 278 g/mol. The van der Waals surface area contributed by atoms with E-state index in [1.807, 2.05) is 14.0 Å². The van der Waals surface area contributed by atoms with Crippen LogP contribution in [0, 0.1) is 12.7 Å². The molecule has 0 aromatic heterocycles. The summed E-state index contributed by atoms with van der Waals surface area (Å²) in [5.74, 6) is -0.368. The van der Waals surface area contributed by atoms with Crippen LogP contribution in [0.5, 0.6) is 0 Å². The molecule has 1 fully saturated rings. The molecule has 3 nitrogen and oxygen atoms in total. The maximum absolute atomic E-state index is 13.3. The highest BCUT2D eigenvalue weighted by molar-refractivity contribution is 5.91. The van der Waals surface area contributed by atoms with E-state index in [2.05, 4.69) is 10.6 Å². The van der Waals surface area contributed by atoms with Crippen molar-refractivity contribution < 1.29 is 9.18 Å². The van der Waals surface area contributed by atoms with Gasteiger partial charge in [-0.25, -0.2) is 4.39 Å². The second-order valence-corrected chi connectivity index (χ2v) is 5.83. The Morgan fingerprint density at radius 1 is 1.25 bits per heavy atom. The van der Waals surface area contributed by atoms with E-state index in [0.717, 1.165) is 31.2 Å². The Bertz CT molecular complexity index is 461. The van der Waals surface area contributed by atoms with Crippen LogP contribution < -0.4 is 10.6 Å². The average molecular weight is 278 g/mol. The van der Waals surface area contributed by atoms with Crippen LogP contribution in [0.4, 0.5) is 10.1 Å². The summed E-state index contributed by atoms with van der Waals surface area (Å²) >= 11 is 0. The minimum atomic E-state index is -0.318. The Labute approximate surface area is 120 Å². The van der Waals surface area contributed by atoms with Gasteiger partial charge in [0.1, 0.15) is 5.82 Å². The first-order valence-electron chi connectivity index (χ1n) is 7.29. The van der Waals surface area contributed by atoms with Gasteiger partial charge in [-0.2, -0.15) is 0 Å². The topological polar surface area (TPSA) is 41.1 Å². The van der Waals surface area contributed by atoms with Gasteiger partial charge < -0.3 is 10.6 Å². The van der Waals surface area contributed by atoms with E-state index in [1.54, 1.807) is 6.07 Å². The molecule has 1 amide bonds. The molecule has 2 rings (SSSR count). The molecule has 0 bridgehead atoms. The second-order valence-electron chi connectivity index (χ2n) is 5.83. The lowest BCUT2D eigenvalue weighted by Crippen LogP contribution is -2.47. The molecule has 1 aliphatic carbocycles. The molecule has 1 saturated carbocycles. The maximum Gasteiger partial charge on any atom is 0.226 e. The van der Waals surface area contributed by atoms with Crippen LogP contribution in [0.3, 0.4) is 0 Å². The molecule has 110 valence electrons. The first-order chi connectivity index (χ1) is 9.53. The molecule has 0 atom stereocenters. The second kappa shape index (κ2) is 6.35. The molecule has 1 aliphatic rings. The van der Waals surface area contributed by atoms with Crippen molar-refractivity contribution in [2.75, 3.05) is 12.4 Å². The maximum atomic E-state index is 13.3. The summed E-state index contributed by atoms with van der Waals surface area (Å²) in [6.45, 7) is 1.81. The van der Waals surface area contributed by atoms with Gasteiger partial charge in [0.2, 0.25) is 5.91 Å². The molecule has 0 unspecified atom stereocenters. The van der Waals surface area contributed by atoms with Gasteiger partial charge in [-0.3, -0.25) is 4.79 Å². The summed E-state index contributed by atoms with van der Waals surface area (Å²) in [6.07, 6.45) is 6.06. The summed E-state index contributed by atoms with van der Waals surface area (Å²) < 4.78 is 13.3. The highest BCUT2D eigenvalue weighted by Crippen LogP contribution is 2.31. The largest absolute Gasteiger partial charge is 0.326 e. The highest BCUT2D eigenvalue weighted by atomic mass is 19.1. The van der Waals surface area contributed by atoms with Crippen LogP contribution in [0.25, 0.3) is 0 Å². The van der Waals surface area contributed by atoms with Gasteiger partial charge in [0.25, 0.3) is 0 Å². The van der Waals surface area contributed by atoms with E-state index in [0.29, 0.717) is 12.1 Å². The van der Waals surface area contributed by atoms with Crippen LogP contribution in [-0.4, -0.2) is 18.5 Å². The van der Waals surface area contributed by atoms with Gasteiger partial charge in [0.15, 0.2) is 0 Å². The molecule has 4 heteroatoms. The van der Waals surface area contributed by atoms with Gasteiger partial charge >= 0.3 is 0 Å². The summed E-state index contributed by atoms with van der Waals surface area (Å²) in [5.41, 5.74) is 1.25. The minimum absolute atomic E-state index is 0.0498. The van der Waals surface area contributed by atoms with E-state index in [9.17, 15) is 9.18 Å². The Balaban J connectivity index is 2.00. The van der Waals surface area contributed by atoms with Gasteiger partial charge in [0, 0.05) is 17.6 Å². The van der Waals surface area contributed by atoms with Crippen LogP contribution in [0.1, 0.15) is 44.1 Å². The average Bonchev–Trinajstić information content (AvgIpc) is 2.38. The molecule has 0 saturated heterocycles. The molecule has 1 aromatic carbocycles.